The molecule has 10 heteroatoms. The lowest BCUT2D eigenvalue weighted by molar-refractivity contribution is -0.143. The van der Waals surface area contributed by atoms with E-state index in [1.54, 1.807) is 13.8 Å². The van der Waals surface area contributed by atoms with E-state index >= 15 is 0 Å². The van der Waals surface area contributed by atoms with Crippen molar-refractivity contribution >= 4 is 11.8 Å². The minimum absolute atomic E-state index is 0.0141. The molecular weight excluding hydrogens is 486 g/mol. The number of nitrogens with one attached hydrogen (secondary N) is 1. The number of amides is 2. The van der Waals surface area contributed by atoms with Crippen LogP contribution >= 0.6 is 0 Å². The summed E-state index contributed by atoms with van der Waals surface area (Å²) in [4.78, 5) is 27.0. The van der Waals surface area contributed by atoms with Crippen LogP contribution in [0, 0.1) is 0 Å². The third-order valence-corrected chi connectivity index (χ3v) is 6.50. The van der Waals surface area contributed by atoms with Gasteiger partial charge in [0.05, 0.1) is 17.2 Å². The summed E-state index contributed by atoms with van der Waals surface area (Å²) in [5.74, 6) is -1.34. The molecule has 0 saturated heterocycles. The van der Waals surface area contributed by atoms with Gasteiger partial charge in [-0.1, -0.05) is 31.2 Å². The highest BCUT2D eigenvalue weighted by molar-refractivity contribution is 5.95. The average Bonchev–Trinajstić information content (AvgIpc) is 2.82. The topological polar surface area (TPSA) is 49.4 Å². The average molecular weight is 515 g/mol. The minimum atomic E-state index is -5.06. The predicted molar refractivity (Wildman–Crippen MR) is 122 cm³/mol. The number of alkyl halides is 6. The number of carbonyl (C=O) groups is 2. The molecule has 2 unspecified atom stereocenters. The van der Waals surface area contributed by atoms with Crippen LogP contribution in [0.3, 0.4) is 0 Å². The van der Waals surface area contributed by atoms with Gasteiger partial charge in [0.2, 0.25) is 5.91 Å². The van der Waals surface area contributed by atoms with Crippen LogP contribution < -0.4 is 5.32 Å². The summed E-state index contributed by atoms with van der Waals surface area (Å²) in [6.07, 6.45) is -7.30. The highest BCUT2D eigenvalue weighted by Gasteiger charge is 2.38. The molecule has 0 bridgehead atoms. The van der Waals surface area contributed by atoms with Gasteiger partial charge < -0.3 is 10.2 Å². The second kappa shape index (κ2) is 10.9. The van der Waals surface area contributed by atoms with E-state index in [0.717, 1.165) is 35.3 Å². The lowest BCUT2D eigenvalue weighted by atomic mass is 9.87. The van der Waals surface area contributed by atoms with Crippen LogP contribution in [0.2, 0.25) is 0 Å². The van der Waals surface area contributed by atoms with Gasteiger partial charge in [0.25, 0.3) is 5.91 Å². The fraction of sp³-hybridized carbons (Fsp3) is 0.462. The van der Waals surface area contributed by atoms with Crippen LogP contribution in [0.4, 0.5) is 26.3 Å². The second-order valence-corrected chi connectivity index (χ2v) is 9.01. The van der Waals surface area contributed by atoms with Crippen molar-refractivity contribution in [2.24, 2.45) is 0 Å². The number of benzene rings is 2. The molecule has 4 nitrogen and oxygen atoms in total. The number of fused-ring (bicyclic) bond motifs is 1. The molecule has 0 saturated carbocycles. The van der Waals surface area contributed by atoms with E-state index < -0.39 is 41.0 Å². The summed E-state index contributed by atoms with van der Waals surface area (Å²) in [5.41, 5.74) is -1.66. The van der Waals surface area contributed by atoms with Gasteiger partial charge in [-0.2, -0.15) is 26.3 Å². The van der Waals surface area contributed by atoms with Gasteiger partial charge in [-0.15, -0.1) is 0 Å². The molecule has 1 aliphatic rings. The first-order valence-corrected chi connectivity index (χ1v) is 11.8. The standard InChI is InChI=1S/C26H28F6N2O2/c1-3-16(2)34(12-11-23(35)33-22-10-6-8-17-7-4-5-9-21(17)22)24(36)18-13-19(25(27,28)29)15-20(14-18)26(30,31)32/h4-5,7,9,13-16,22H,3,6,8,10-12H2,1-2H3,(H,33,35). The molecule has 0 spiro atoms. The molecular formula is C26H28F6N2O2. The van der Waals surface area contributed by atoms with Crippen LogP contribution in [0.5, 0.6) is 0 Å². The Hall–Kier alpha value is -3.04. The number of rotatable bonds is 7. The maximum atomic E-state index is 13.3. The molecule has 1 aliphatic carbocycles. The number of aryl methyl sites for hydroxylation is 1. The molecule has 2 aromatic rings. The molecule has 1 N–H and O–H groups in total. The van der Waals surface area contributed by atoms with E-state index in [0.29, 0.717) is 18.6 Å². The monoisotopic (exact) mass is 514 g/mol. The first kappa shape index (κ1) is 27.5. The quantitative estimate of drug-likeness (QED) is 0.426. The second-order valence-electron chi connectivity index (χ2n) is 9.01. The van der Waals surface area contributed by atoms with E-state index in [4.69, 9.17) is 0 Å². The van der Waals surface area contributed by atoms with E-state index in [1.807, 2.05) is 24.3 Å². The van der Waals surface area contributed by atoms with Crippen molar-refractivity contribution in [3.8, 4) is 0 Å². The Kier molecular flexibility index (Phi) is 8.36. The van der Waals surface area contributed by atoms with Crippen molar-refractivity contribution in [3.63, 3.8) is 0 Å². The maximum absolute atomic E-state index is 13.3. The Labute approximate surface area is 205 Å². The Morgan fingerprint density at radius 1 is 1.03 bits per heavy atom. The number of carbonyl (C=O) groups excluding carboxylic acids is 2. The molecule has 0 radical (unpaired) electrons. The lowest BCUT2D eigenvalue weighted by Gasteiger charge is -2.30. The third kappa shape index (κ3) is 6.59. The molecule has 0 fully saturated rings. The van der Waals surface area contributed by atoms with E-state index in [9.17, 15) is 35.9 Å². The predicted octanol–water partition coefficient (Wildman–Crippen LogP) is 6.55. The van der Waals surface area contributed by atoms with Crippen molar-refractivity contribution in [2.75, 3.05) is 6.54 Å². The van der Waals surface area contributed by atoms with Crippen molar-refractivity contribution < 1.29 is 35.9 Å². The molecule has 0 aliphatic heterocycles. The fourth-order valence-electron chi connectivity index (χ4n) is 4.38. The Balaban J connectivity index is 1.79. The Bertz CT molecular complexity index is 1060. The summed E-state index contributed by atoms with van der Waals surface area (Å²) in [5, 5.41) is 2.95. The van der Waals surface area contributed by atoms with Crippen LogP contribution in [0.1, 0.15) is 78.2 Å². The molecule has 36 heavy (non-hydrogen) atoms. The molecule has 2 atom stereocenters. The van der Waals surface area contributed by atoms with Crippen LogP contribution in [-0.2, 0) is 23.6 Å². The minimum Gasteiger partial charge on any atom is -0.349 e. The Morgan fingerprint density at radius 3 is 2.22 bits per heavy atom. The summed E-state index contributed by atoms with van der Waals surface area (Å²) < 4.78 is 79.6. The van der Waals surface area contributed by atoms with Gasteiger partial charge in [0.1, 0.15) is 0 Å². The molecule has 0 aromatic heterocycles. The zero-order chi connectivity index (χ0) is 26.7. The summed E-state index contributed by atoms with van der Waals surface area (Å²) in [6.45, 7) is 3.22. The summed E-state index contributed by atoms with van der Waals surface area (Å²) in [6, 6.07) is 7.89. The molecule has 0 heterocycles. The van der Waals surface area contributed by atoms with E-state index in [2.05, 4.69) is 5.32 Å². The van der Waals surface area contributed by atoms with Gasteiger partial charge in [-0.25, -0.2) is 0 Å². The zero-order valence-corrected chi connectivity index (χ0v) is 20.0. The fourth-order valence-corrected chi connectivity index (χ4v) is 4.38. The largest absolute Gasteiger partial charge is 0.416 e. The highest BCUT2D eigenvalue weighted by Crippen LogP contribution is 2.37. The van der Waals surface area contributed by atoms with Gasteiger partial charge in [0, 0.05) is 24.6 Å². The molecule has 2 amide bonds. The van der Waals surface area contributed by atoms with Gasteiger partial charge >= 0.3 is 12.4 Å². The smallest absolute Gasteiger partial charge is 0.349 e. The molecule has 2 aromatic carbocycles. The number of halogens is 6. The molecule has 3 rings (SSSR count). The van der Waals surface area contributed by atoms with Crippen molar-refractivity contribution in [3.05, 3.63) is 70.3 Å². The summed E-state index contributed by atoms with van der Waals surface area (Å²) >= 11 is 0. The van der Waals surface area contributed by atoms with Crippen molar-refractivity contribution in [1.82, 2.24) is 10.2 Å². The van der Waals surface area contributed by atoms with Gasteiger partial charge in [-0.05, 0) is 61.9 Å². The first-order valence-electron chi connectivity index (χ1n) is 11.8. The number of hydrogen-bond acceptors (Lipinski definition) is 2. The van der Waals surface area contributed by atoms with Crippen LogP contribution in [0.25, 0.3) is 0 Å². The van der Waals surface area contributed by atoms with Gasteiger partial charge in [-0.3, -0.25) is 9.59 Å². The Morgan fingerprint density at radius 2 is 1.64 bits per heavy atom. The van der Waals surface area contributed by atoms with E-state index in [-0.39, 0.29) is 31.0 Å². The SMILES string of the molecule is CCC(C)N(CCC(=O)NC1CCCc2ccccc21)C(=O)c1cc(C(F)(F)F)cc(C(F)(F)F)c1. The van der Waals surface area contributed by atoms with Crippen LogP contribution in [0.15, 0.2) is 42.5 Å². The third-order valence-electron chi connectivity index (χ3n) is 6.50. The summed E-state index contributed by atoms with van der Waals surface area (Å²) in [7, 11) is 0. The number of hydrogen-bond donors (Lipinski definition) is 1. The maximum Gasteiger partial charge on any atom is 0.416 e. The highest BCUT2D eigenvalue weighted by atomic mass is 19.4. The van der Waals surface area contributed by atoms with Crippen molar-refractivity contribution in [1.29, 1.82) is 0 Å². The first-order chi connectivity index (χ1) is 16.8. The molecule has 196 valence electrons. The van der Waals surface area contributed by atoms with Crippen LogP contribution in [-0.4, -0.2) is 29.3 Å². The normalized spacial score (nSPS) is 16.7. The van der Waals surface area contributed by atoms with Gasteiger partial charge in [0.15, 0.2) is 0 Å². The van der Waals surface area contributed by atoms with Crippen molar-refractivity contribution in [2.45, 2.75) is 70.4 Å². The van der Waals surface area contributed by atoms with E-state index in [1.165, 1.54) is 0 Å². The zero-order valence-electron chi connectivity index (χ0n) is 20.0. The lowest BCUT2D eigenvalue weighted by Crippen LogP contribution is -2.41. The number of nitrogens with zero attached hydrogens (tertiary/aromatic N) is 1.